The molecule has 1 fully saturated rings. The van der Waals surface area contributed by atoms with E-state index in [1.54, 1.807) is 16.4 Å². The minimum atomic E-state index is -3.45. The second-order valence-electron chi connectivity index (χ2n) is 8.72. The number of ether oxygens (including phenoxy) is 1. The number of piperazine rings is 1. The van der Waals surface area contributed by atoms with E-state index < -0.39 is 10.0 Å². The van der Waals surface area contributed by atoms with Crippen LogP contribution in [0.3, 0.4) is 0 Å². The number of sulfonamides is 1. The van der Waals surface area contributed by atoms with Crippen LogP contribution in [0.4, 0.5) is 0 Å². The quantitative estimate of drug-likeness (QED) is 0.537. The van der Waals surface area contributed by atoms with Gasteiger partial charge in [-0.2, -0.15) is 4.31 Å². The molecule has 1 amide bonds. The van der Waals surface area contributed by atoms with E-state index in [-0.39, 0.29) is 12.0 Å². The molecule has 1 aliphatic rings. The Labute approximate surface area is 197 Å². The Morgan fingerprint density at radius 3 is 2.24 bits per heavy atom. The van der Waals surface area contributed by atoms with E-state index in [1.807, 2.05) is 57.2 Å². The summed E-state index contributed by atoms with van der Waals surface area (Å²) in [6.45, 7) is 10.2. The van der Waals surface area contributed by atoms with Gasteiger partial charge in [-0.1, -0.05) is 29.8 Å². The topological polar surface area (TPSA) is 79.0 Å². The molecule has 0 aliphatic carbocycles. The van der Waals surface area contributed by atoms with Crippen LogP contribution in [0.15, 0.2) is 53.4 Å². The van der Waals surface area contributed by atoms with E-state index >= 15 is 0 Å². The number of carbonyl (C=O) groups excluding carboxylic acids is 1. The second-order valence-corrected chi connectivity index (χ2v) is 10.7. The molecule has 180 valence electrons. The van der Waals surface area contributed by atoms with E-state index in [4.69, 9.17) is 4.74 Å². The molecule has 0 bridgehead atoms. The number of hydrogen-bond acceptors (Lipinski definition) is 5. The van der Waals surface area contributed by atoms with Crippen LogP contribution in [-0.2, 0) is 21.3 Å². The van der Waals surface area contributed by atoms with E-state index in [9.17, 15) is 13.2 Å². The van der Waals surface area contributed by atoms with Gasteiger partial charge in [-0.25, -0.2) is 8.42 Å². The van der Waals surface area contributed by atoms with Crippen molar-refractivity contribution in [3.63, 3.8) is 0 Å². The normalized spacial score (nSPS) is 15.6. The number of nitrogens with zero attached hydrogens (tertiary/aromatic N) is 2. The Kier molecular flexibility index (Phi) is 9.02. The minimum Gasteiger partial charge on any atom is -0.379 e. The monoisotopic (exact) mass is 473 g/mol. The van der Waals surface area contributed by atoms with Crippen LogP contribution >= 0.6 is 0 Å². The molecule has 1 heterocycles. The van der Waals surface area contributed by atoms with Crippen LogP contribution in [0, 0.1) is 6.92 Å². The van der Waals surface area contributed by atoms with Crippen LogP contribution in [0.5, 0.6) is 0 Å². The molecule has 3 rings (SSSR count). The van der Waals surface area contributed by atoms with Crippen molar-refractivity contribution in [3.8, 4) is 0 Å². The third kappa shape index (κ3) is 7.37. The summed E-state index contributed by atoms with van der Waals surface area (Å²) in [5.74, 6) is -0.0824. The number of carbonyl (C=O) groups is 1. The SMILES string of the molecule is Cc1ccc(S(=O)(=O)N2CCN(Cc3ccc(C(=O)NCCCOC(C)C)cc3)CC2)cc1. The van der Waals surface area contributed by atoms with Crippen molar-refractivity contribution in [3.05, 3.63) is 65.2 Å². The van der Waals surface area contributed by atoms with Gasteiger partial charge in [0.2, 0.25) is 10.0 Å². The molecule has 0 atom stereocenters. The van der Waals surface area contributed by atoms with Crippen molar-refractivity contribution < 1.29 is 17.9 Å². The van der Waals surface area contributed by atoms with Crippen LogP contribution < -0.4 is 5.32 Å². The Hall–Kier alpha value is -2.26. The summed E-state index contributed by atoms with van der Waals surface area (Å²) in [6, 6.07) is 14.6. The van der Waals surface area contributed by atoms with Gasteiger partial charge < -0.3 is 10.1 Å². The lowest BCUT2D eigenvalue weighted by Crippen LogP contribution is -2.48. The Morgan fingerprint density at radius 1 is 1.00 bits per heavy atom. The molecule has 2 aromatic rings. The van der Waals surface area contributed by atoms with Crippen molar-refractivity contribution in [2.75, 3.05) is 39.3 Å². The molecule has 8 heteroatoms. The highest BCUT2D eigenvalue weighted by molar-refractivity contribution is 7.89. The molecule has 1 aliphatic heterocycles. The molecule has 0 unspecified atom stereocenters. The summed E-state index contributed by atoms with van der Waals surface area (Å²) in [5.41, 5.74) is 2.78. The minimum absolute atomic E-state index is 0.0824. The molecular weight excluding hydrogens is 438 g/mol. The summed E-state index contributed by atoms with van der Waals surface area (Å²) in [6.07, 6.45) is 0.988. The maximum Gasteiger partial charge on any atom is 0.251 e. The maximum absolute atomic E-state index is 12.9. The van der Waals surface area contributed by atoms with Crippen molar-refractivity contribution in [2.45, 2.75) is 44.7 Å². The van der Waals surface area contributed by atoms with Gasteiger partial charge in [0.15, 0.2) is 0 Å². The van der Waals surface area contributed by atoms with Gasteiger partial charge in [0.25, 0.3) is 5.91 Å². The largest absolute Gasteiger partial charge is 0.379 e. The predicted molar refractivity (Wildman–Crippen MR) is 130 cm³/mol. The molecule has 33 heavy (non-hydrogen) atoms. The van der Waals surface area contributed by atoms with E-state index in [0.29, 0.717) is 49.8 Å². The van der Waals surface area contributed by atoms with Gasteiger partial charge in [0.1, 0.15) is 0 Å². The molecule has 0 saturated carbocycles. The second kappa shape index (κ2) is 11.7. The zero-order valence-electron chi connectivity index (χ0n) is 19.8. The average molecular weight is 474 g/mol. The highest BCUT2D eigenvalue weighted by Gasteiger charge is 2.28. The van der Waals surface area contributed by atoms with Crippen LogP contribution in [-0.4, -0.2) is 69.0 Å². The zero-order valence-corrected chi connectivity index (χ0v) is 20.6. The predicted octanol–water partition coefficient (Wildman–Crippen LogP) is 3.05. The third-order valence-corrected chi connectivity index (χ3v) is 7.58. The first-order chi connectivity index (χ1) is 15.8. The van der Waals surface area contributed by atoms with E-state index in [2.05, 4.69) is 10.2 Å². The van der Waals surface area contributed by atoms with E-state index in [0.717, 1.165) is 24.1 Å². The molecule has 0 aromatic heterocycles. The molecule has 0 spiro atoms. The average Bonchev–Trinajstić information content (AvgIpc) is 2.79. The summed E-state index contributed by atoms with van der Waals surface area (Å²) in [7, 11) is -3.45. The summed E-state index contributed by atoms with van der Waals surface area (Å²) in [4.78, 5) is 14.9. The smallest absolute Gasteiger partial charge is 0.251 e. The van der Waals surface area contributed by atoms with Crippen molar-refractivity contribution >= 4 is 15.9 Å². The first-order valence-corrected chi connectivity index (χ1v) is 13.0. The van der Waals surface area contributed by atoms with Gasteiger partial charge in [0, 0.05) is 51.4 Å². The number of hydrogen-bond donors (Lipinski definition) is 1. The van der Waals surface area contributed by atoms with Crippen LogP contribution in [0.25, 0.3) is 0 Å². The fourth-order valence-corrected chi connectivity index (χ4v) is 5.12. The van der Waals surface area contributed by atoms with Crippen molar-refractivity contribution in [1.82, 2.24) is 14.5 Å². The van der Waals surface area contributed by atoms with Crippen LogP contribution in [0.1, 0.15) is 41.8 Å². The summed E-state index contributed by atoms with van der Waals surface area (Å²) in [5, 5.41) is 2.92. The standard InChI is InChI=1S/C25H35N3O4S/c1-20(2)32-18-4-13-26-25(29)23-9-7-22(8-10-23)19-27-14-16-28(17-15-27)33(30,31)24-11-5-21(3)6-12-24/h5-12,20H,4,13-19H2,1-3H3,(H,26,29). The molecule has 1 N–H and O–H groups in total. The van der Waals surface area contributed by atoms with Gasteiger partial charge in [0.05, 0.1) is 11.0 Å². The highest BCUT2D eigenvalue weighted by atomic mass is 32.2. The maximum atomic E-state index is 12.9. The molecular formula is C25H35N3O4S. The van der Waals surface area contributed by atoms with Crippen molar-refractivity contribution in [2.24, 2.45) is 0 Å². The fourth-order valence-electron chi connectivity index (χ4n) is 3.70. The Morgan fingerprint density at radius 2 is 1.64 bits per heavy atom. The Bertz CT molecular complexity index is 997. The Balaban J connectivity index is 1.45. The first kappa shape index (κ1) is 25.4. The highest BCUT2D eigenvalue weighted by Crippen LogP contribution is 2.19. The number of benzene rings is 2. The van der Waals surface area contributed by atoms with Crippen LogP contribution in [0.2, 0.25) is 0 Å². The summed E-state index contributed by atoms with van der Waals surface area (Å²) >= 11 is 0. The lowest BCUT2D eigenvalue weighted by Gasteiger charge is -2.34. The van der Waals surface area contributed by atoms with Gasteiger partial charge >= 0.3 is 0 Å². The molecule has 1 saturated heterocycles. The molecule has 7 nitrogen and oxygen atoms in total. The summed E-state index contributed by atoms with van der Waals surface area (Å²) < 4.78 is 32.8. The third-order valence-electron chi connectivity index (χ3n) is 5.67. The van der Waals surface area contributed by atoms with Gasteiger partial charge in [-0.3, -0.25) is 9.69 Å². The first-order valence-electron chi connectivity index (χ1n) is 11.5. The number of rotatable bonds is 10. The van der Waals surface area contributed by atoms with Crippen molar-refractivity contribution in [1.29, 1.82) is 0 Å². The lowest BCUT2D eigenvalue weighted by atomic mass is 10.1. The molecule has 2 aromatic carbocycles. The lowest BCUT2D eigenvalue weighted by molar-refractivity contribution is 0.0757. The van der Waals surface area contributed by atoms with Gasteiger partial charge in [-0.15, -0.1) is 0 Å². The number of nitrogens with one attached hydrogen (secondary N) is 1. The number of amides is 1. The zero-order chi connectivity index (χ0) is 23.8. The molecule has 0 radical (unpaired) electrons. The number of aryl methyl sites for hydroxylation is 1. The van der Waals surface area contributed by atoms with Gasteiger partial charge in [-0.05, 0) is 57.0 Å². The van der Waals surface area contributed by atoms with E-state index in [1.165, 1.54) is 0 Å². The fraction of sp³-hybridized carbons (Fsp3) is 0.480.